The zero-order valence-corrected chi connectivity index (χ0v) is 7.80. The maximum Gasteiger partial charge on any atom is 0.0591 e. The van der Waals surface area contributed by atoms with Crippen molar-refractivity contribution in [2.75, 3.05) is 0 Å². The Morgan fingerprint density at radius 1 is 1.27 bits per heavy atom. The van der Waals surface area contributed by atoms with Gasteiger partial charge in [-0.25, -0.2) is 0 Å². The normalized spacial score (nSPS) is 10.7. The third-order valence-electron chi connectivity index (χ3n) is 1.80. The third kappa shape index (κ3) is 1.07. The molecule has 2 heteroatoms. The average molecular weight is 210 g/mol. The van der Waals surface area contributed by atoms with E-state index in [0.29, 0.717) is 0 Å². The van der Waals surface area contributed by atoms with Crippen LogP contribution in [0.15, 0.2) is 30.5 Å². The van der Waals surface area contributed by atoms with Crippen LogP contribution in [-0.4, -0.2) is 3.59 Å². The molecule has 2 aromatic rings. The summed E-state index contributed by atoms with van der Waals surface area (Å²) in [6.07, 6.45) is 2.00. The van der Waals surface area contributed by atoms with Gasteiger partial charge in [0, 0.05) is 11.6 Å². The largest absolute Gasteiger partial charge is 0.284 e. The molecule has 1 heterocycles. The molecule has 0 unspecified atom stereocenters. The van der Waals surface area contributed by atoms with Crippen LogP contribution in [0.3, 0.4) is 0 Å². The molecular formula is C9H8BrN. The third-order valence-corrected chi connectivity index (χ3v) is 2.42. The summed E-state index contributed by atoms with van der Waals surface area (Å²) in [5, 5.41) is 1.28. The van der Waals surface area contributed by atoms with Gasteiger partial charge in [-0.3, -0.25) is 3.59 Å². The lowest BCUT2D eigenvalue weighted by Crippen LogP contribution is -1.75. The van der Waals surface area contributed by atoms with E-state index < -0.39 is 0 Å². The molecule has 0 spiro atoms. The Morgan fingerprint density at radius 2 is 2.09 bits per heavy atom. The predicted octanol–water partition coefficient (Wildman–Crippen LogP) is 3.11. The minimum absolute atomic E-state index is 1.22. The van der Waals surface area contributed by atoms with Crippen molar-refractivity contribution in [3.05, 3.63) is 36.0 Å². The highest BCUT2D eigenvalue weighted by Gasteiger charge is 1.96. The molecule has 0 fully saturated rings. The maximum absolute atomic E-state index is 3.41. The molecule has 0 N–H and O–H groups in total. The number of aromatic nitrogens is 1. The number of nitrogens with zero attached hydrogens (tertiary/aromatic N) is 1. The first kappa shape index (κ1) is 6.92. The Hall–Kier alpha value is -0.760. The Bertz CT molecular complexity index is 389. The van der Waals surface area contributed by atoms with Crippen LogP contribution in [0.4, 0.5) is 0 Å². The van der Waals surface area contributed by atoms with Gasteiger partial charge < -0.3 is 0 Å². The Kier molecular flexibility index (Phi) is 1.50. The number of fused-ring (bicyclic) bond motifs is 1. The van der Waals surface area contributed by atoms with Crippen molar-refractivity contribution in [3.8, 4) is 0 Å². The van der Waals surface area contributed by atoms with Gasteiger partial charge in [0.25, 0.3) is 0 Å². The van der Waals surface area contributed by atoms with Gasteiger partial charge in [-0.1, -0.05) is 11.6 Å². The smallest absolute Gasteiger partial charge is 0.0591 e. The molecule has 0 saturated heterocycles. The van der Waals surface area contributed by atoms with E-state index >= 15 is 0 Å². The number of hydrogen-bond donors (Lipinski definition) is 0. The first-order chi connectivity index (χ1) is 5.27. The summed E-state index contributed by atoms with van der Waals surface area (Å²) >= 11 is 3.41. The topological polar surface area (TPSA) is 4.93 Å². The van der Waals surface area contributed by atoms with Crippen LogP contribution in [0, 0.1) is 6.92 Å². The molecule has 0 aliphatic rings. The molecular weight excluding hydrogens is 202 g/mol. The molecule has 0 bridgehead atoms. The summed E-state index contributed by atoms with van der Waals surface area (Å²) in [7, 11) is 0. The van der Waals surface area contributed by atoms with E-state index in [-0.39, 0.29) is 0 Å². The highest BCUT2D eigenvalue weighted by molar-refractivity contribution is 9.08. The lowest BCUT2D eigenvalue weighted by Gasteiger charge is -1.94. The van der Waals surface area contributed by atoms with Crippen molar-refractivity contribution in [3.63, 3.8) is 0 Å². The van der Waals surface area contributed by atoms with Crippen LogP contribution in [0.5, 0.6) is 0 Å². The molecule has 1 nitrogen and oxygen atoms in total. The van der Waals surface area contributed by atoms with E-state index in [1.807, 2.05) is 9.79 Å². The number of halogens is 1. The summed E-state index contributed by atoms with van der Waals surface area (Å²) in [4.78, 5) is 0. The van der Waals surface area contributed by atoms with Crippen LogP contribution in [0.2, 0.25) is 0 Å². The van der Waals surface area contributed by atoms with Gasteiger partial charge in [0.1, 0.15) is 0 Å². The molecule has 0 saturated carbocycles. The molecule has 0 atom stereocenters. The number of rotatable bonds is 0. The van der Waals surface area contributed by atoms with Gasteiger partial charge >= 0.3 is 0 Å². The van der Waals surface area contributed by atoms with Crippen LogP contribution in [0.1, 0.15) is 5.56 Å². The summed E-state index contributed by atoms with van der Waals surface area (Å²) in [6.45, 7) is 2.10. The van der Waals surface area contributed by atoms with Gasteiger partial charge in [-0.05, 0) is 25.1 Å². The molecule has 0 aliphatic heterocycles. The first-order valence-corrected chi connectivity index (χ1v) is 4.22. The fourth-order valence-corrected chi connectivity index (χ4v) is 1.67. The SMILES string of the molecule is Cc1ccc2c(ccn2Br)c1. The molecule has 56 valence electrons. The number of aryl methyl sites for hydroxylation is 1. The molecule has 0 aliphatic carbocycles. The predicted molar refractivity (Wildman–Crippen MR) is 51.0 cm³/mol. The standard InChI is InChI=1S/C9H8BrN/c1-7-2-3-9-8(6-7)4-5-11(9)10/h2-6H,1H3. The van der Waals surface area contributed by atoms with Gasteiger partial charge in [0.15, 0.2) is 0 Å². The molecule has 0 radical (unpaired) electrons. The molecule has 2 rings (SSSR count). The second kappa shape index (κ2) is 2.38. The summed E-state index contributed by atoms with van der Waals surface area (Å²) in [6, 6.07) is 8.49. The second-order valence-electron chi connectivity index (χ2n) is 2.69. The Morgan fingerprint density at radius 3 is 2.91 bits per heavy atom. The lowest BCUT2D eigenvalue weighted by atomic mass is 10.2. The second-order valence-corrected chi connectivity index (χ2v) is 3.45. The Labute approximate surface area is 74.0 Å². The van der Waals surface area contributed by atoms with Crippen LogP contribution >= 0.6 is 16.1 Å². The van der Waals surface area contributed by atoms with Crippen molar-refractivity contribution < 1.29 is 0 Å². The minimum Gasteiger partial charge on any atom is -0.284 e. The minimum atomic E-state index is 1.22. The lowest BCUT2D eigenvalue weighted by molar-refractivity contribution is 1.38. The highest BCUT2D eigenvalue weighted by atomic mass is 79.9. The van der Waals surface area contributed by atoms with Gasteiger partial charge in [0.2, 0.25) is 0 Å². The van der Waals surface area contributed by atoms with Crippen LogP contribution < -0.4 is 0 Å². The molecule has 1 aromatic heterocycles. The Balaban J connectivity index is 2.86. The van der Waals surface area contributed by atoms with E-state index in [0.717, 1.165) is 0 Å². The van der Waals surface area contributed by atoms with Crippen molar-refractivity contribution in [2.24, 2.45) is 0 Å². The van der Waals surface area contributed by atoms with Crippen molar-refractivity contribution in [2.45, 2.75) is 6.92 Å². The van der Waals surface area contributed by atoms with Gasteiger partial charge in [0.05, 0.1) is 21.7 Å². The fourth-order valence-electron chi connectivity index (χ4n) is 1.23. The van der Waals surface area contributed by atoms with E-state index in [2.05, 4.69) is 47.3 Å². The van der Waals surface area contributed by atoms with Crippen LogP contribution in [0.25, 0.3) is 10.9 Å². The summed E-state index contributed by atoms with van der Waals surface area (Å²) in [5.41, 5.74) is 2.52. The maximum atomic E-state index is 3.41. The van der Waals surface area contributed by atoms with E-state index in [9.17, 15) is 0 Å². The average Bonchev–Trinajstić information content (AvgIpc) is 2.32. The fraction of sp³-hybridized carbons (Fsp3) is 0.111. The molecule has 0 amide bonds. The van der Waals surface area contributed by atoms with E-state index in [1.54, 1.807) is 0 Å². The zero-order chi connectivity index (χ0) is 7.84. The zero-order valence-electron chi connectivity index (χ0n) is 6.21. The van der Waals surface area contributed by atoms with Crippen molar-refractivity contribution >= 4 is 27.1 Å². The van der Waals surface area contributed by atoms with Crippen molar-refractivity contribution in [1.29, 1.82) is 0 Å². The molecule has 1 aromatic carbocycles. The first-order valence-electron chi connectivity index (χ1n) is 3.51. The molecule has 11 heavy (non-hydrogen) atoms. The van der Waals surface area contributed by atoms with Crippen LogP contribution in [-0.2, 0) is 0 Å². The monoisotopic (exact) mass is 209 g/mol. The van der Waals surface area contributed by atoms with Gasteiger partial charge in [-0.15, -0.1) is 0 Å². The van der Waals surface area contributed by atoms with Crippen molar-refractivity contribution in [1.82, 2.24) is 3.59 Å². The van der Waals surface area contributed by atoms with Gasteiger partial charge in [-0.2, -0.15) is 0 Å². The summed E-state index contributed by atoms with van der Waals surface area (Å²) in [5.74, 6) is 0. The quantitative estimate of drug-likeness (QED) is 0.629. The van der Waals surface area contributed by atoms with E-state index in [4.69, 9.17) is 0 Å². The number of hydrogen-bond acceptors (Lipinski definition) is 0. The van der Waals surface area contributed by atoms with E-state index in [1.165, 1.54) is 16.5 Å². The number of benzene rings is 1. The highest BCUT2D eigenvalue weighted by Crippen LogP contribution is 2.18. The summed E-state index contributed by atoms with van der Waals surface area (Å²) < 4.78 is 1.95.